The summed E-state index contributed by atoms with van der Waals surface area (Å²) in [6, 6.07) is 21.1. The van der Waals surface area contributed by atoms with Gasteiger partial charge in [-0.3, -0.25) is 4.99 Å². The van der Waals surface area contributed by atoms with E-state index in [1.54, 1.807) is 0 Å². The number of rotatable bonds is 7. The molecule has 0 atom stereocenters. The molecule has 30 heavy (non-hydrogen) atoms. The van der Waals surface area contributed by atoms with Crippen LogP contribution < -0.4 is 4.90 Å². The zero-order chi connectivity index (χ0) is 21.7. The number of nitrogens with zero attached hydrogens (tertiary/aromatic N) is 2. The van der Waals surface area contributed by atoms with Crippen LogP contribution in [0.2, 0.25) is 0 Å². The zero-order valence-electron chi connectivity index (χ0n) is 18.4. The van der Waals surface area contributed by atoms with E-state index in [1.807, 2.05) is 18.2 Å². The van der Waals surface area contributed by atoms with Crippen molar-refractivity contribution in [2.75, 3.05) is 11.4 Å². The van der Waals surface area contributed by atoms with Crippen molar-refractivity contribution in [1.82, 2.24) is 0 Å². The first-order valence-electron chi connectivity index (χ1n) is 10.4. The number of hydrogen-bond donors (Lipinski definition) is 0. The molecule has 3 rings (SSSR count). The predicted molar refractivity (Wildman–Crippen MR) is 134 cm³/mol. The summed E-state index contributed by atoms with van der Waals surface area (Å²) in [4.78, 5) is 6.44. The van der Waals surface area contributed by atoms with Crippen molar-refractivity contribution in [3.63, 3.8) is 0 Å². The quantitative estimate of drug-likeness (QED) is 0.294. The van der Waals surface area contributed by atoms with Gasteiger partial charge in [-0.2, -0.15) is 0 Å². The molecule has 0 N–H and O–H groups in total. The largest absolute Gasteiger partial charge is 0.340 e. The Balaban J connectivity index is 1.98. The van der Waals surface area contributed by atoms with E-state index in [4.69, 9.17) is 0 Å². The lowest BCUT2D eigenvalue weighted by molar-refractivity contribution is 0.965. The lowest BCUT2D eigenvalue weighted by atomic mass is 9.95. The van der Waals surface area contributed by atoms with Crippen molar-refractivity contribution in [3.05, 3.63) is 102 Å². The Hall–Kier alpha value is -3.39. The van der Waals surface area contributed by atoms with E-state index in [0.29, 0.717) is 0 Å². The molecule has 0 bridgehead atoms. The molecule has 2 nitrogen and oxygen atoms in total. The first-order chi connectivity index (χ1) is 14.5. The van der Waals surface area contributed by atoms with Crippen molar-refractivity contribution in [3.8, 4) is 0 Å². The number of likely N-dealkylation sites (N-methyl/N-ethyl adjacent to an activating group) is 1. The molecule has 0 spiro atoms. The standard InChI is InChI=1S/C28H30N2/c1-7-27(30(8-2)28-16-12-11-15-26(28)29-6)22(5)17-20(3)25-19-24-14-10-9-13-23(24)18-21(25)4/h7,9-19H,5-6,8H2,1-4H3/b20-17+,27-7+. The third-order valence-electron chi connectivity index (χ3n) is 5.46. The molecule has 0 saturated heterocycles. The third kappa shape index (κ3) is 4.28. The highest BCUT2D eigenvalue weighted by Crippen LogP contribution is 2.33. The van der Waals surface area contributed by atoms with Gasteiger partial charge in [0.2, 0.25) is 0 Å². The number of fused-ring (bicyclic) bond motifs is 1. The van der Waals surface area contributed by atoms with Crippen molar-refractivity contribution < 1.29 is 0 Å². The Morgan fingerprint density at radius 2 is 1.67 bits per heavy atom. The normalized spacial score (nSPS) is 12.1. The summed E-state index contributed by atoms with van der Waals surface area (Å²) in [5.41, 5.74) is 7.69. The summed E-state index contributed by atoms with van der Waals surface area (Å²) in [6.07, 6.45) is 4.29. The summed E-state index contributed by atoms with van der Waals surface area (Å²) in [5.74, 6) is 0. The summed E-state index contributed by atoms with van der Waals surface area (Å²) in [5, 5.41) is 2.52. The number of benzene rings is 3. The minimum atomic E-state index is 0.813. The number of hydrogen-bond acceptors (Lipinski definition) is 2. The molecule has 2 heteroatoms. The van der Waals surface area contributed by atoms with Crippen LogP contribution in [0.3, 0.4) is 0 Å². The molecule has 0 aromatic heterocycles. The van der Waals surface area contributed by atoms with E-state index in [-0.39, 0.29) is 0 Å². The van der Waals surface area contributed by atoms with E-state index in [0.717, 1.165) is 29.2 Å². The molecular weight excluding hydrogens is 364 g/mol. The number of allylic oxidation sites excluding steroid dienone is 3. The van der Waals surface area contributed by atoms with Gasteiger partial charge in [0.05, 0.1) is 11.4 Å². The first kappa shape index (κ1) is 21.3. The third-order valence-corrected chi connectivity index (χ3v) is 5.46. The highest BCUT2D eigenvalue weighted by atomic mass is 15.1. The van der Waals surface area contributed by atoms with Gasteiger partial charge in [0.1, 0.15) is 0 Å². The topological polar surface area (TPSA) is 15.6 Å². The van der Waals surface area contributed by atoms with E-state index in [9.17, 15) is 0 Å². The van der Waals surface area contributed by atoms with Crippen molar-refractivity contribution in [1.29, 1.82) is 0 Å². The highest BCUT2D eigenvalue weighted by Gasteiger charge is 2.15. The SMILES string of the molecule is C=Nc1ccccc1N(CC)/C(=C/C)C(=C)/C=C(\C)c1cc2ccccc2cc1C. The average Bonchev–Trinajstić information content (AvgIpc) is 2.76. The van der Waals surface area contributed by atoms with Crippen LogP contribution in [-0.2, 0) is 0 Å². The monoisotopic (exact) mass is 394 g/mol. The number of para-hydroxylation sites is 2. The molecule has 0 amide bonds. The van der Waals surface area contributed by atoms with Gasteiger partial charge in [-0.05, 0) is 91.7 Å². The number of anilines is 1. The maximum absolute atomic E-state index is 4.40. The summed E-state index contributed by atoms with van der Waals surface area (Å²) >= 11 is 0. The number of aryl methyl sites for hydroxylation is 1. The van der Waals surface area contributed by atoms with Gasteiger partial charge in [0, 0.05) is 12.2 Å². The van der Waals surface area contributed by atoms with Gasteiger partial charge in [-0.1, -0.05) is 55.1 Å². The molecule has 3 aromatic carbocycles. The van der Waals surface area contributed by atoms with Gasteiger partial charge < -0.3 is 4.90 Å². The van der Waals surface area contributed by atoms with Gasteiger partial charge >= 0.3 is 0 Å². The second-order valence-electron chi connectivity index (χ2n) is 7.43. The molecule has 152 valence electrons. The molecule has 0 radical (unpaired) electrons. The molecule has 0 aliphatic rings. The summed E-state index contributed by atoms with van der Waals surface area (Å²) in [6.45, 7) is 17.5. The van der Waals surface area contributed by atoms with Crippen LogP contribution in [0.25, 0.3) is 16.3 Å². The molecule has 0 unspecified atom stereocenters. The highest BCUT2D eigenvalue weighted by molar-refractivity contribution is 5.88. The van der Waals surface area contributed by atoms with Crippen molar-refractivity contribution >= 4 is 34.4 Å². The van der Waals surface area contributed by atoms with Crippen LogP contribution in [0.1, 0.15) is 31.9 Å². The Morgan fingerprint density at radius 3 is 2.30 bits per heavy atom. The van der Waals surface area contributed by atoms with Crippen LogP contribution in [0.5, 0.6) is 0 Å². The molecule has 0 aliphatic carbocycles. The van der Waals surface area contributed by atoms with Gasteiger partial charge in [-0.25, -0.2) is 0 Å². The molecule has 0 fully saturated rings. The first-order valence-corrected chi connectivity index (χ1v) is 10.4. The zero-order valence-corrected chi connectivity index (χ0v) is 18.4. The summed E-state index contributed by atoms with van der Waals surface area (Å²) in [7, 11) is 0. The predicted octanol–water partition coefficient (Wildman–Crippen LogP) is 7.87. The minimum Gasteiger partial charge on any atom is -0.340 e. The van der Waals surface area contributed by atoms with Crippen molar-refractivity contribution in [2.45, 2.75) is 27.7 Å². The minimum absolute atomic E-state index is 0.813. The molecule has 0 saturated carbocycles. The Kier molecular flexibility index (Phi) is 6.68. The van der Waals surface area contributed by atoms with Crippen LogP contribution in [0, 0.1) is 6.92 Å². The second-order valence-corrected chi connectivity index (χ2v) is 7.43. The Bertz CT molecular complexity index is 1150. The molecule has 0 aliphatic heterocycles. The fourth-order valence-electron chi connectivity index (χ4n) is 4.00. The van der Waals surface area contributed by atoms with E-state index < -0.39 is 0 Å². The Labute approximate surface area is 180 Å². The second kappa shape index (κ2) is 9.41. The van der Waals surface area contributed by atoms with Crippen LogP contribution in [0.4, 0.5) is 11.4 Å². The van der Waals surface area contributed by atoms with Crippen LogP contribution in [0.15, 0.2) is 95.7 Å². The number of aliphatic imine (C=N–C) groups is 1. The van der Waals surface area contributed by atoms with Crippen LogP contribution >= 0.6 is 0 Å². The average molecular weight is 395 g/mol. The van der Waals surface area contributed by atoms with Crippen LogP contribution in [-0.4, -0.2) is 13.3 Å². The lowest BCUT2D eigenvalue weighted by Crippen LogP contribution is -2.22. The van der Waals surface area contributed by atoms with Gasteiger partial charge in [0.15, 0.2) is 0 Å². The molecular formula is C28H30N2. The van der Waals surface area contributed by atoms with Crippen molar-refractivity contribution in [2.24, 2.45) is 4.99 Å². The van der Waals surface area contributed by atoms with E-state index in [1.165, 1.54) is 27.5 Å². The van der Waals surface area contributed by atoms with Gasteiger partial charge in [0.25, 0.3) is 0 Å². The lowest BCUT2D eigenvalue weighted by Gasteiger charge is -2.28. The fourth-order valence-corrected chi connectivity index (χ4v) is 4.00. The smallest absolute Gasteiger partial charge is 0.0859 e. The molecule has 3 aromatic rings. The maximum Gasteiger partial charge on any atom is 0.0859 e. The Morgan fingerprint density at radius 1 is 1.03 bits per heavy atom. The van der Waals surface area contributed by atoms with E-state index in [2.05, 4.69) is 106 Å². The fraction of sp³-hybridized carbons (Fsp3) is 0.179. The summed E-state index contributed by atoms with van der Waals surface area (Å²) < 4.78 is 0. The van der Waals surface area contributed by atoms with E-state index >= 15 is 0 Å². The maximum atomic E-state index is 4.40. The molecule has 0 heterocycles. The van der Waals surface area contributed by atoms with Gasteiger partial charge in [-0.15, -0.1) is 0 Å².